The van der Waals surface area contributed by atoms with Gasteiger partial charge in [-0.2, -0.15) is 0 Å². The van der Waals surface area contributed by atoms with Crippen molar-refractivity contribution in [2.45, 2.75) is 122 Å². The summed E-state index contributed by atoms with van der Waals surface area (Å²) in [6.45, 7) is 4.46. The third kappa shape index (κ3) is 14.7. The zero-order chi connectivity index (χ0) is 27.3. The molecule has 0 spiro atoms. The van der Waals surface area contributed by atoms with Crippen molar-refractivity contribution in [3.8, 4) is 5.75 Å². The Kier molecular flexibility index (Phi) is 17.6. The highest BCUT2D eigenvalue weighted by Crippen LogP contribution is 2.25. The van der Waals surface area contributed by atoms with Gasteiger partial charge in [0.15, 0.2) is 0 Å². The van der Waals surface area contributed by atoms with Gasteiger partial charge in [0.1, 0.15) is 17.9 Å². The van der Waals surface area contributed by atoms with Gasteiger partial charge in [0.05, 0.1) is 0 Å². The Morgan fingerprint density at radius 1 is 0.737 bits per heavy atom. The lowest BCUT2D eigenvalue weighted by molar-refractivity contribution is -0.152. The van der Waals surface area contributed by atoms with Gasteiger partial charge in [-0.15, -0.1) is 0 Å². The lowest BCUT2D eigenvalue weighted by Crippen LogP contribution is -2.38. The number of esters is 1. The van der Waals surface area contributed by atoms with E-state index in [-0.39, 0.29) is 12.1 Å². The van der Waals surface area contributed by atoms with Crippen molar-refractivity contribution in [2.75, 3.05) is 0 Å². The highest BCUT2D eigenvalue weighted by Gasteiger charge is 2.26. The minimum absolute atomic E-state index is 0.0997. The SMILES string of the molecule is CCCCCCCCC(CCCCCCCC)OC(=O)[C@H](Cc1ccccc1)N[PH](=O)Oc1ccccc1. The number of rotatable bonds is 22. The summed E-state index contributed by atoms with van der Waals surface area (Å²) in [5.74, 6) is 0.172. The summed E-state index contributed by atoms with van der Waals surface area (Å²) in [6.07, 6.45) is 16.7. The van der Waals surface area contributed by atoms with Gasteiger partial charge in [-0.3, -0.25) is 9.36 Å². The molecular weight excluding hydrogens is 493 g/mol. The summed E-state index contributed by atoms with van der Waals surface area (Å²) < 4.78 is 24.5. The van der Waals surface area contributed by atoms with Crippen molar-refractivity contribution >= 4 is 14.1 Å². The molecule has 0 heterocycles. The number of ether oxygens (including phenoxy) is 1. The van der Waals surface area contributed by atoms with Crippen LogP contribution in [-0.4, -0.2) is 18.1 Å². The number of hydrogen-bond acceptors (Lipinski definition) is 4. The molecule has 0 bridgehead atoms. The largest absolute Gasteiger partial charge is 0.461 e. The molecule has 0 aromatic heterocycles. The van der Waals surface area contributed by atoms with Crippen LogP contribution in [0.25, 0.3) is 0 Å². The fraction of sp³-hybridized carbons (Fsp3) is 0.594. The molecule has 212 valence electrons. The van der Waals surface area contributed by atoms with Crippen LogP contribution in [0, 0.1) is 0 Å². The van der Waals surface area contributed by atoms with Crippen molar-refractivity contribution in [3.63, 3.8) is 0 Å². The zero-order valence-electron chi connectivity index (χ0n) is 23.7. The number of unbranched alkanes of at least 4 members (excludes halogenated alkanes) is 10. The predicted molar refractivity (Wildman–Crippen MR) is 159 cm³/mol. The molecule has 2 aromatic rings. The van der Waals surface area contributed by atoms with E-state index in [2.05, 4.69) is 18.9 Å². The first-order valence-corrected chi connectivity index (χ1v) is 16.2. The first kappa shape index (κ1) is 32.1. The Hall–Kier alpha value is -2.10. The van der Waals surface area contributed by atoms with Gasteiger partial charge in [0.2, 0.25) is 0 Å². The van der Waals surface area contributed by atoms with Crippen LogP contribution in [-0.2, 0) is 20.5 Å². The maximum Gasteiger partial charge on any atom is 0.324 e. The Morgan fingerprint density at radius 3 is 1.79 bits per heavy atom. The van der Waals surface area contributed by atoms with E-state index >= 15 is 0 Å². The Bertz CT molecular complexity index is 862. The highest BCUT2D eigenvalue weighted by molar-refractivity contribution is 7.37. The van der Waals surface area contributed by atoms with Crippen molar-refractivity contribution in [3.05, 3.63) is 66.2 Å². The first-order valence-electron chi connectivity index (χ1n) is 14.9. The Balaban J connectivity index is 1.99. The smallest absolute Gasteiger partial charge is 0.324 e. The Morgan fingerprint density at radius 2 is 1.24 bits per heavy atom. The van der Waals surface area contributed by atoms with E-state index in [9.17, 15) is 9.36 Å². The normalized spacial score (nSPS) is 12.8. The molecule has 0 saturated heterocycles. The van der Waals surface area contributed by atoms with Crippen LogP contribution in [0.1, 0.15) is 109 Å². The van der Waals surface area contributed by atoms with E-state index in [4.69, 9.17) is 9.26 Å². The molecule has 0 amide bonds. The molecule has 38 heavy (non-hydrogen) atoms. The van der Waals surface area contributed by atoms with Gasteiger partial charge in [0, 0.05) is 0 Å². The summed E-state index contributed by atoms with van der Waals surface area (Å²) in [5.41, 5.74) is 0.986. The maximum atomic E-state index is 13.4. The standard InChI is InChI=1S/C32H50NO4P/c1-3-5-7-9-11-17-23-29(24-18-12-10-8-6-4-2)36-32(34)31(27-28-21-15-13-16-22-28)33-38(35)37-30-25-19-14-20-26-30/h13-16,19-22,25-26,29,31,38H,3-12,17-18,23-24,27H2,1-2H3,(H,33,35)/t31-/m0/s1. The number of carbonyl (C=O) groups is 1. The molecule has 0 aliphatic rings. The second kappa shape index (κ2) is 20.8. The molecule has 2 atom stereocenters. The van der Waals surface area contributed by atoms with Crippen LogP contribution in [0.3, 0.4) is 0 Å². The van der Waals surface area contributed by atoms with Crippen LogP contribution in [0.4, 0.5) is 0 Å². The summed E-state index contributed by atoms with van der Waals surface area (Å²) in [7, 11) is -2.70. The van der Waals surface area contributed by atoms with Crippen LogP contribution in [0.2, 0.25) is 0 Å². The zero-order valence-corrected chi connectivity index (χ0v) is 24.7. The molecule has 0 aliphatic carbocycles. The summed E-state index contributed by atoms with van der Waals surface area (Å²) >= 11 is 0. The third-order valence-electron chi connectivity index (χ3n) is 6.86. The fourth-order valence-corrected chi connectivity index (χ4v) is 5.54. The molecule has 1 unspecified atom stereocenters. The second-order valence-corrected chi connectivity index (χ2v) is 11.3. The van der Waals surface area contributed by atoms with Crippen LogP contribution < -0.4 is 9.61 Å². The van der Waals surface area contributed by atoms with E-state index in [1.54, 1.807) is 12.1 Å². The minimum Gasteiger partial charge on any atom is -0.461 e. The molecule has 1 N–H and O–H groups in total. The van der Waals surface area contributed by atoms with Crippen LogP contribution in [0.5, 0.6) is 5.75 Å². The fourth-order valence-electron chi connectivity index (χ4n) is 4.62. The first-order chi connectivity index (χ1) is 18.6. The Labute approximate surface area is 232 Å². The van der Waals surface area contributed by atoms with Gasteiger partial charge in [-0.1, -0.05) is 127 Å². The van der Waals surface area contributed by atoms with Gasteiger partial charge < -0.3 is 9.26 Å². The van der Waals surface area contributed by atoms with E-state index < -0.39 is 14.2 Å². The summed E-state index contributed by atoms with van der Waals surface area (Å²) in [4.78, 5) is 13.4. The molecule has 0 radical (unpaired) electrons. The quantitative estimate of drug-likeness (QED) is 0.0911. The van der Waals surface area contributed by atoms with Crippen molar-refractivity contribution in [1.29, 1.82) is 0 Å². The minimum atomic E-state index is -2.70. The van der Waals surface area contributed by atoms with Crippen LogP contribution >= 0.6 is 8.18 Å². The van der Waals surface area contributed by atoms with E-state index in [0.29, 0.717) is 12.2 Å². The lowest BCUT2D eigenvalue weighted by Gasteiger charge is -2.23. The number of para-hydroxylation sites is 1. The lowest BCUT2D eigenvalue weighted by atomic mass is 10.0. The predicted octanol–water partition coefficient (Wildman–Crippen LogP) is 9.07. The van der Waals surface area contributed by atoms with E-state index in [0.717, 1.165) is 31.2 Å². The van der Waals surface area contributed by atoms with Gasteiger partial charge in [0.25, 0.3) is 0 Å². The summed E-state index contributed by atoms with van der Waals surface area (Å²) in [6, 6.07) is 18.1. The molecule has 2 rings (SSSR count). The van der Waals surface area contributed by atoms with Crippen molar-refractivity contribution in [2.24, 2.45) is 0 Å². The van der Waals surface area contributed by atoms with Crippen molar-refractivity contribution < 1.29 is 18.6 Å². The monoisotopic (exact) mass is 543 g/mol. The summed E-state index contributed by atoms with van der Waals surface area (Å²) in [5, 5.41) is 2.95. The molecule has 5 nitrogen and oxygen atoms in total. The molecule has 0 aliphatic heterocycles. The van der Waals surface area contributed by atoms with Gasteiger partial charge in [-0.05, 0) is 49.8 Å². The van der Waals surface area contributed by atoms with E-state index in [1.807, 2.05) is 48.5 Å². The number of carbonyl (C=O) groups excluding carboxylic acids is 1. The number of benzene rings is 2. The molecule has 0 fully saturated rings. The molecule has 0 saturated carbocycles. The number of nitrogens with one attached hydrogen (secondary N) is 1. The second-order valence-electron chi connectivity index (χ2n) is 10.3. The van der Waals surface area contributed by atoms with Crippen LogP contribution in [0.15, 0.2) is 60.7 Å². The average Bonchev–Trinajstić information content (AvgIpc) is 2.93. The maximum absolute atomic E-state index is 13.4. The number of hydrogen-bond donors (Lipinski definition) is 1. The average molecular weight is 544 g/mol. The topological polar surface area (TPSA) is 64.6 Å². The van der Waals surface area contributed by atoms with Crippen molar-refractivity contribution in [1.82, 2.24) is 5.09 Å². The molecule has 2 aromatic carbocycles. The molecule has 6 heteroatoms. The van der Waals surface area contributed by atoms with Gasteiger partial charge in [-0.25, -0.2) is 5.09 Å². The van der Waals surface area contributed by atoms with Gasteiger partial charge >= 0.3 is 14.1 Å². The third-order valence-corrected chi connectivity index (χ3v) is 7.86. The highest BCUT2D eigenvalue weighted by atomic mass is 31.1. The van der Waals surface area contributed by atoms with E-state index in [1.165, 1.54) is 64.2 Å². The molecular formula is C32H50NO4P.